The van der Waals surface area contributed by atoms with E-state index in [1.54, 1.807) is 12.4 Å². The molecule has 0 bridgehead atoms. The van der Waals surface area contributed by atoms with Gasteiger partial charge in [-0.1, -0.05) is 0 Å². The zero-order chi connectivity index (χ0) is 9.31. The molecule has 2 rings (SSSR count). The van der Waals surface area contributed by atoms with Crippen LogP contribution in [0.25, 0.3) is 0 Å². The van der Waals surface area contributed by atoms with Gasteiger partial charge in [-0.2, -0.15) is 0 Å². The first-order valence-electron chi connectivity index (χ1n) is 4.42. The third-order valence-electron chi connectivity index (χ3n) is 2.67. The fourth-order valence-electron chi connectivity index (χ4n) is 1.55. The van der Waals surface area contributed by atoms with Crippen LogP contribution in [-0.2, 0) is 11.2 Å². The van der Waals surface area contributed by atoms with Crippen LogP contribution >= 0.6 is 0 Å². The minimum absolute atomic E-state index is 0.163. The van der Waals surface area contributed by atoms with Gasteiger partial charge in [0.1, 0.15) is 0 Å². The number of pyridine rings is 1. The number of primary amides is 1. The zero-order valence-corrected chi connectivity index (χ0v) is 7.36. The van der Waals surface area contributed by atoms with Crippen molar-refractivity contribution in [2.24, 2.45) is 11.1 Å². The van der Waals surface area contributed by atoms with Crippen molar-refractivity contribution >= 4 is 5.91 Å². The lowest BCUT2D eigenvalue weighted by Gasteiger charge is -2.09. The van der Waals surface area contributed by atoms with Gasteiger partial charge in [0.2, 0.25) is 5.91 Å². The summed E-state index contributed by atoms with van der Waals surface area (Å²) in [5, 5.41) is 0. The molecule has 1 aromatic heterocycles. The average Bonchev–Trinajstić information content (AvgIpc) is 2.87. The maximum Gasteiger partial charge on any atom is 0.223 e. The van der Waals surface area contributed by atoms with Crippen LogP contribution in [0.2, 0.25) is 0 Å². The number of amides is 1. The van der Waals surface area contributed by atoms with E-state index in [0.29, 0.717) is 0 Å². The van der Waals surface area contributed by atoms with Crippen LogP contribution in [0, 0.1) is 5.41 Å². The van der Waals surface area contributed by atoms with E-state index in [4.69, 9.17) is 5.73 Å². The Balaban J connectivity index is 2.11. The molecule has 1 fully saturated rings. The Hall–Kier alpha value is -1.38. The zero-order valence-electron chi connectivity index (χ0n) is 7.36. The molecule has 0 radical (unpaired) electrons. The Bertz CT molecular complexity index is 317. The molecule has 3 heteroatoms. The summed E-state index contributed by atoms with van der Waals surface area (Å²) in [4.78, 5) is 15.0. The summed E-state index contributed by atoms with van der Waals surface area (Å²) in [6.07, 6.45) is 6.12. The lowest BCUT2D eigenvalue weighted by Crippen LogP contribution is -2.26. The molecule has 1 aromatic rings. The lowest BCUT2D eigenvalue weighted by molar-refractivity contribution is -0.123. The molecule has 0 aliphatic heterocycles. The van der Waals surface area contributed by atoms with Gasteiger partial charge in [-0.05, 0) is 37.0 Å². The van der Waals surface area contributed by atoms with Crippen molar-refractivity contribution in [2.45, 2.75) is 19.3 Å². The van der Waals surface area contributed by atoms with Crippen LogP contribution < -0.4 is 5.73 Å². The number of carbonyl (C=O) groups excluding carboxylic acids is 1. The number of hydrogen-bond donors (Lipinski definition) is 1. The smallest absolute Gasteiger partial charge is 0.223 e. The number of rotatable bonds is 3. The number of carbonyl (C=O) groups is 1. The Morgan fingerprint density at radius 2 is 2.08 bits per heavy atom. The molecule has 0 unspecified atom stereocenters. The highest BCUT2D eigenvalue weighted by Gasteiger charge is 2.48. The Kier molecular flexibility index (Phi) is 1.79. The van der Waals surface area contributed by atoms with Crippen molar-refractivity contribution in [3.05, 3.63) is 30.1 Å². The fraction of sp³-hybridized carbons (Fsp3) is 0.400. The highest BCUT2D eigenvalue weighted by molar-refractivity contribution is 5.83. The van der Waals surface area contributed by atoms with Crippen molar-refractivity contribution in [2.75, 3.05) is 0 Å². The van der Waals surface area contributed by atoms with E-state index in [-0.39, 0.29) is 11.3 Å². The predicted octanol–water partition coefficient (Wildman–Crippen LogP) is 0.890. The number of hydrogen-bond acceptors (Lipinski definition) is 2. The summed E-state index contributed by atoms with van der Waals surface area (Å²) in [5.74, 6) is -0.163. The van der Waals surface area contributed by atoms with Gasteiger partial charge in [-0.15, -0.1) is 0 Å². The van der Waals surface area contributed by atoms with Crippen molar-refractivity contribution in [1.82, 2.24) is 4.98 Å². The first kappa shape index (κ1) is 8.23. The SMILES string of the molecule is NC(=O)C1(Cc2ccncc2)CC1. The molecule has 0 saturated heterocycles. The summed E-state index contributed by atoms with van der Waals surface area (Å²) in [7, 11) is 0. The van der Waals surface area contributed by atoms with Crippen molar-refractivity contribution in [1.29, 1.82) is 0 Å². The molecule has 1 aliphatic rings. The van der Waals surface area contributed by atoms with Gasteiger partial charge in [0, 0.05) is 12.4 Å². The minimum atomic E-state index is -0.235. The van der Waals surface area contributed by atoms with Crippen molar-refractivity contribution < 1.29 is 4.79 Å². The van der Waals surface area contributed by atoms with E-state index < -0.39 is 0 Å². The number of nitrogens with two attached hydrogens (primary N) is 1. The Morgan fingerprint density at radius 1 is 1.46 bits per heavy atom. The molecule has 1 saturated carbocycles. The maximum atomic E-state index is 11.1. The van der Waals surface area contributed by atoms with Gasteiger partial charge in [0.25, 0.3) is 0 Å². The standard InChI is InChI=1S/C10H12N2O/c11-9(13)10(3-4-10)7-8-1-5-12-6-2-8/h1-2,5-6H,3-4,7H2,(H2,11,13). The molecule has 2 N–H and O–H groups in total. The molecule has 1 aliphatic carbocycles. The van der Waals surface area contributed by atoms with Crippen molar-refractivity contribution in [3.63, 3.8) is 0 Å². The van der Waals surface area contributed by atoms with Crippen molar-refractivity contribution in [3.8, 4) is 0 Å². The van der Waals surface area contributed by atoms with Crippen LogP contribution in [0.4, 0.5) is 0 Å². The molecular formula is C10H12N2O. The fourth-order valence-corrected chi connectivity index (χ4v) is 1.55. The molecule has 0 aromatic carbocycles. The van der Waals surface area contributed by atoms with E-state index >= 15 is 0 Å². The van der Waals surface area contributed by atoms with Crippen LogP contribution in [0.1, 0.15) is 18.4 Å². The number of nitrogens with zero attached hydrogens (tertiary/aromatic N) is 1. The second-order valence-electron chi connectivity index (χ2n) is 3.68. The molecular weight excluding hydrogens is 164 g/mol. The quantitative estimate of drug-likeness (QED) is 0.743. The van der Waals surface area contributed by atoms with Gasteiger partial charge < -0.3 is 5.73 Å². The molecule has 1 heterocycles. The Labute approximate surface area is 77.0 Å². The Morgan fingerprint density at radius 3 is 2.54 bits per heavy atom. The van der Waals surface area contributed by atoms with Crippen LogP contribution in [0.5, 0.6) is 0 Å². The second-order valence-corrected chi connectivity index (χ2v) is 3.68. The maximum absolute atomic E-state index is 11.1. The second kappa shape index (κ2) is 2.83. The molecule has 0 atom stereocenters. The van der Waals surface area contributed by atoms with Gasteiger partial charge in [0.15, 0.2) is 0 Å². The third kappa shape index (κ3) is 1.54. The number of aromatic nitrogens is 1. The van der Waals surface area contributed by atoms with Crippen LogP contribution in [-0.4, -0.2) is 10.9 Å². The van der Waals surface area contributed by atoms with E-state index in [2.05, 4.69) is 4.98 Å². The minimum Gasteiger partial charge on any atom is -0.369 e. The van der Waals surface area contributed by atoms with E-state index in [1.807, 2.05) is 12.1 Å². The lowest BCUT2D eigenvalue weighted by atomic mass is 9.97. The highest BCUT2D eigenvalue weighted by Crippen LogP contribution is 2.47. The predicted molar refractivity (Wildman–Crippen MR) is 48.8 cm³/mol. The topological polar surface area (TPSA) is 56.0 Å². The molecule has 68 valence electrons. The van der Waals surface area contributed by atoms with E-state index in [1.165, 1.54) is 0 Å². The average molecular weight is 176 g/mol. The van der Waals surface area contributed by atoms with E-state index in [0.717, 1.165) is 24.8 Å². The summed E-state index contributed by atoms with van der Waals surface area (Å²) in [6.45, 7) is 0. The highest BCUT2D eigenvalue weighted by atomic mass is 16.1. The largest absolute Gasteiger partial charge is 0.369 e. The van der Waals surface area contributed by atoms with Gasteiger partial charge in [0.05, 0.1) is 5.41 Å². The van der Waals surface area contributed by atoms with Crippen LogP contribution in [0.3, 0.4) is 0 Å². The molecule has 1 amide bonds. The summed E-state index contributed by atoms with van der Waals surface area (Å²) in [5.41, 5.74) is 6.24. The van der Waals surface area contributed by atoms with Crippen LogP contribution in [0.15, 0.2) is 24.5 Å². The normalized spacial score (nSPS) is 18.2. The summed E-state index contributed by atoms with van der Waals surface area (Å²) in [6, 6.07) is 3.87. The molecule has 3 nitrogen and oxygen atoms in total. The van der Waals surface area contributed by atoms with Gasteiger partial charge in [-0.3, -0.25) is 9.78 Å². The van der Waals surface area contributed by atoms with Gasteiger partial charge >= 0.3 is 0 Å². The van der Waals surface area contributed by atoms with E-state index in [9.17, 15) is 4.79 Å². The first-order chi connectivity index (χ1) is 6.23. The monoisotopic (exact) mass is 176 g/mol. The summed E-state index contributed by atoms with van der Waals surface area (Å²) >= 11 is 0. The summed E-state index contributed by atoms with van der Waals surface area (Å²) < 4.78 is 0. The van der Waals surface area contributed by atoms with Gasteiger partial charge in [-0.25, -0.2) is 0 Å². The molecule has 0 spiro atoms. The first-order valence-corrected chi connectivity index (χ1v) is 4.42. The third-order valence-corrected chi connectivity index (χ3v) is 2.67. The molecule has 13 heavy (non-hydrogen) atoms.